The Morgan fingerprint density at radius 1 is 1.32 bits per heavy atom. The monoisotopic (exact) mass is 346 g/mol. The van der Waals surface area contributed by atoms with E-state index in [1.807, 2.05) is 6.92 Å². The molecule has 2 atom stereocenters. The van der Waals surface area contributed by atoms with Gasteiger partial charge in [-0.25, -0.2) is 9.78 Å². The Labute approximate surface area is 149 Å². The Hall–Kier alpha value is -1.56. The number of carbonyl (C=O) groups excluding carboxylic acids is 1. The van der Waals surface area contributed by atoms with E-state index in [-0.39, 0.29) is 11.4 Å². The number of imidazole rings is 1. The lowest BCUT2D eigenvalue weighted by Gasteiger charge is -2.39. The van der Waals surface area contributed by atoms with E-state index in [0.717, 1.165) is 63.4 Å². The SMILES string of the molecule is Cc1cn2c(n1)[C@@H](CNC(=O)N[C@@H]1CCCC13CCOCC3)CCC2. The molecule has 1 saturated carbocycles. The van der Waals surface area contributed by atoms with Crippen molar-refractivity contribution in [3.05, 3.63) is 17.7 Å². The van der Waals surface area contributed by atoms with E-state index in [1.54, 1.807) is 0 Å². The normalized spacial score (nSPS) is 27.9. The lowest BCUT2D eigenvalue weighted by atomic mass is 9.75. The minimum atomic E-state index is -0.0156. The number of fused-ring (bicyclic) bond motifs is 1. The number of nitrogens with one attached hydrogen (secondary N) is 2. The van der Waals surface area contributed by atoms with Crippen LogP contribution in [-0.2, 0) is 11.3 Å². The maximum absolute atomic E-state index is 12.5. The fraction of sp³-hybridized carbons (Fsp3) is 0.789. The average molecular weight is 346 g/mol. The van der Waals surface area contributed by atoms with Crippen molar-refractivity contribution < 1.29 is 9.53 Å². The highest BCUT2D eigenvalue weighted by molar-refractivity contribution is 5.74. The molecule has 0 unspecified atom stereocenters. The molecule has 1 aromatic rings. The molecule has 0 bridgehead atoms. The first-order valence-corrected chi connectivity index (χ1v) is 9.82. The molecule has 1 saturated heterocycles. The Balaban J connectivity index is 1.32. The second kappa shape index (κ2) is 6.98. The van der Waals surface area contributed by atoms with Crippen LogP contribution in [0.5, 0.6) is 0 Å². The van der Waals surface area contributed by atoms with E-state index in [2.05, 4.69) is 26.4 Å². The molecule has 1 spiro atoms. The Morgan fingerprint density at radius 3 is 3.00 bits per heavy atom. The van der Waals surface area contributed by atoms with Crippen molar-refractivity contribution in [3.8, 4) is 0 Å². The smallest absolute Gasteiger partial charge is 0.315 e. The predicted octanol–water partition coefficient (Wildman–Crippen LogP) is 2.72. The second-order valence-corrected chi connectivity index (χ2v) is 8.05. The molecule has 3 heterocycles. The molecule has 3 aliphatic rings. The predicted molar refractivity (Wildman–Crippen MR) is 95.6 cm³/mol. The maximum Gasteiger partial charge on any atom is 0.315 e. The molecular weight excluding hydrogens is 316 g/mol. The molecule has 1 aromatic heterocycles. The van der Waals surface area contributed by atoms with Gasteiger partial charge in [-0.05, 0) is 50.9 Å². The third kappa shape index (κ3) is 3.41. The van der Waals surface area contributed by atoms with E-state index in [9.17, 15) is 4.79 Å². The van der Waals surface area contributed by atoms with Gasteiger partial charge in [-0.1, -0.05) is 6.42 Å². The van der Waals surface area contributed by atoms with Crippen molar-refractivity contribution >= 4 is 6.03 Å². The Kier molecular flexibility index (Phi) is 4.71. The molecule has 6 heteroatoms. The summed E-state index contributed by atoms with van der Waals surface area (Å²) in [7, 11) is 0. The number of urea groups is 1. The van der Waals surface area contributed by atoms with Crippen LogP contribution in [0.15, 0.2) is 6.20 Å². The third-order valence-corrected chi connectivity index (χ3v) is 6.45. The highest BCUT2D eigenvalue weighted by Crippen LogP contribution is 2.45. The van der Waals surface area contributed by atoms with Gasteiger partial charge in [0.05, 0.1) is 5.69 Å². The number of ether oxygens (including phenoxy) is 1. The molecule has 0 radical (unpaired) electrons. The minimum absolute atomic E-state index is 0.0156. The van der Waals surface area contributed by atoms with Gasteiger partial charge in [0, 0.05) is 44.5 Å². The van der Waals surface area contributed by atoms with Gasteiger partial charge in [-0.2, -0.15) is 0 Å². The number of aryl methyl sites for hydroxylation is 2. The van der Waals surface area contributed by atoms with Gasteiger partial charge in [0.1, 0.15) is 5.82 Å². The van der Waals surface area contributed by atoms with E-state index >= 15 is 0 Å². The zero-order chi connectivity index (χ0) is 17.3. The summed E-state index contributed by atoms with van der Waals surface area (Å²) in [5.41, 5.74) is 1.34. The molecule has 0 aromatic carbocycles. The van der Waals surface area contributed by atoms with Crippen molar-refractivity contribution in [3.63, 3.8) is 0 Å². The number of hydrogen-bond donors (Lipinski definition) is 2. The minimum Gasteiger partial charge on any atom is -0.381 e. The number of aromatic nitrogens is 2. The summed E-state index contributed by atoms with van der Waals surface area (Å²) in [4.78, 5) is 17.2. The summed E-state index contributed by atoms with van der Waals surface area (Å²) in [6, 6.07) is 0.283. The zero-order valence-electron chi connectivity index (χ0n) is 15.2. The quantitative estimate of drug-likeness (QED) is 0.884. The fourth-order valence-corrected chi connectivity index (χ4v) is 5.07. The van der Waals surface area contributed by atoms with Crippen molar-refractivity contribution in [2.75, 3.05) is 19.8 Å². The van der Waals surface area contributed by atoms with Crippen LogP contribution in [0.4, 0.5) is 4.79 Å². The van der Waals surface area contributed by atoms with Crippen LogP contribution in [-0.4, -0.2) is 41.4 Å². The molecule has 2 amide bonds. The van der Waals surface area contributed by atoms with Gasteiger partial charge in [-0.15, -0.1) is 0 Å². The second-order valence-electron chi connectivity index (χ2n) is 8.05. The van der Waals surface area contributed by atoms with E-state index in [4.69, 9.17) is 4.74 Å². The first-order valence-electron chi connectivity index (χ1n) is 9.82. The molecule has 138 valence electrons. The number of rotatable bonds is 3. The highest BCUT2D eigenvalue weighted by atomic mass is 16.5. The summed E-state index contributed by atoms with van der Waals surface area (Å²) in [6.45, 7) is 5.43. The van der Waals surface area contributed by atoms with Crippen molar-refractivity contribution in [2.45, 2.75) is 70.4 Å². The Morgan fingerprint density at radius 2 is 2.16 bits per heavy atom. The summed E-state index contributed by atoms with van der Waals surface area (Å²) in [6.07, 6.45) is 10.1. The van der Waals surface area contributed by atoms with Gasteiger partial charge in [0.2, 0.25) is 0 Å². The summed E-state index contributed by atoms with van der Waals surface area (Å²) in [5, 5.41) is 6.39. The number of carbonyl (C=O) groups is 1. The lowest BCUT2D eigenvalue weighted by Crippen LogP contribution is -2.50. The van der Waals surface area contributed by atoms with E-state index in [1.165, 1.54) is 12.8 Å². The third-order valence-electron chi connectivity index (χ3n) is 6.45. The van der Waals surface area contributed by atoms with Crippen LogP contribution in [0.3, 0.4) is 0 Å². The first kappa shape index (κ1) is 16.9. The standard InChI is InChI=1S/C19H30N4O2/c1-14-13-23-9-3-4-15(17(23)21-14)12-20-18(24)22-16-5-2-6-19(16)7-10-25-11-8-19/h13,15-16H,2-12H2,1H3,(H2,20,22,24)/t15-,16-/m1/s1. The van der Waals surface area contributed by atoms with Crippen molar-refractivity contribution in [2.24, 2.45) is 5.41 Å². The van der Waals surface area contributed by atoms with E-state index in [0.29, 0.717) is 18.5 Å². The van der Waals surface area contributed by atoms with Crippen LogP contribution < -0.4 is 10.6 Å². The largest absolute Gasteiger partial charge is 0.381 e. The zero-order valence-corrected chi connectivity index (χ0v) is 15.2. The van der Waals surface area contributed by atoms with Gasteiger partial charge in [-0.3, -0.25) is 0 Å². The van der Waals surface area contributed by atoms with Gasteiger partial charge in [0.15, 0.2) is 0 Å². The molecule has 2 fully saturated rings. The summed E-state index contributed by atoms with van der Waals surface area (Å²) in [5.74, 6) is 1.46. The van der Waals surface area contributed by atoms with Crippen LogP contribution in [0.1, 0.15) is 62.4 Å². The van der Waals surface area contributed by atoms with Crippen LogP contribution in [0.2, 0.25) is 0 Å². The van der Waals surface area contributed by atoms with Crippen molar-refractivity contribution in [1.29, 1.82) is 0 Å². The van der Waals surface area contributed by atoms with Crippen LogP contribution in [0, 0.1) is 12.3 Å². The highest BCUT2D eigenvalue weighted by Gasteiger charge is 2.44. The number of hydrogen-bond acceptors (Lipinski definition) is 3. The number of amides is 2. The molecule has 25 heavy (non-hydrogen) atoms. The summed E-state index contributed by atoms with van der Waals surface area (Å²) < 4.78 is 7.78. The Bertz CT molecular complexity index is 621. The molecule has 2 N–H and O–H groups in total. The van der Waals surface area contributed by atoms with Crippen LogP contribution >= 0.6 is 0 Å². The molecule has 6 nitrogen and oxygen atoms in total. The van der Waals surface area contributed by atoms with Gasteiger partial charge >= 0.3 is 6.03 Å². The topological polar surface area (TPSA) is 68.2 Å². The van der Waals surface area contributed by atoms with Crippen molar-refractivity contribution in [1.82, 2.24) is 20.2 Å². The average Bonchev–Trinajstić information content (AvgIpc) is 3.17. The summed E-state index contributed by atoms with van der Waals surface area (Å²) >= 11 is 0. The molecular formula is C19H30N4O2. The van der Waals surface area contributed by atoms with E-state index < -0.39 is 0 Å². The first-order chi connectivity index (χ1) is 12.2. The molecule has 1 aliphatic carbocycles. The van der Waals surface area contributed by atoms with Gasteiger partial charge in [0.25, 0.3) is 0 Å². The molecule has 2 aliphatic heterocycles. The molecule has 4 rings (SSSR count). The van der Waals surface area contributed by atoms with Crippen LogP contribution in [0.25, 0.3) is 0 Å². The fourth-order valence-electron chi connectivity index (χ4n) is 5.07. The lowest BCUT2D eigenvalue weighted by molar-refractivity contribution is 0.00623. The maximum atomic E-state index is 12.5. The van der Waals surface area contributed by atoms with Gasteiger partial charge < -0.3 is 19.9 Å². The number of nitrogens with zero attached hydrogens (tertiary/aromatic N) is 2.